The van der Waals surface area contributed by atoms with Crippen LogP contribution in [0.1, 0.15) is 51.3 Å². The molecule has 146 valence electrons. The highest BCUT2D eigenvalue weighted by atomic mass is 19.1. The van der Waals surface area contributed by atoms with Crippen molar-refractivity contribution in [1.29, 1.82) is 0 Å². The van der Waals surface area contributed by atoms with Crippen molar-refractivity contribution in [2.75, 3.05) is 19.6 Å². The normalized spacial score (nSPS) is 17.9. The van der Waals surface area contributed by atoms with Crippen LogP contribution in [-0.4, -0.2) is 40.6 Å². The summed E-state index contributed by atoms with van der Waals surface area (Å²) >= 11 is 0. The van der Waals surface area contributed by atoms with Crippen LogP contribution in [0, 0.1) is 11.2 Å². The molecule has 2 N–H and O–H groups in total. The van der Waals surface area contributed by atoms with Gasteiger partial charge in [0.2, 0.25) is 17.6 Å². The molecule has 7 heteroatoms. The van der Waals surface area contributed by atoms with Crippen LogP contribution < -0.4 is 5.73 Å². The number of nitrogens with two attached hydrogens (primary N) is 1. The average Bonchev–Trinajstić information content (AvgIpc) is 3.20. The fourth-order valence-corrected chi connectivity index (χ4v) is 3.74. The number of aromatic nitrogens is 2. The van der Waals surface area contributed by atoms with Crippen molar-refractivity contribution in [3.8, 4) is 11.4 Å². The van der Waals surface area contributed by atoms with E-state index in [4.69, 9.17) is 10.3 Å². The molecule has 1 aromatic heterocycles. The van der Waals surface area contributed by atoms with Crippen molar-refractivity contribution in [2.45, 2.75) is 45.4 Å². The maximum absolute atomic E-state index is 13.1. The van der Waals surface area contributed by atoms with Crippen molar-refractivity contribution in [3.63, 3.8) is 0 Å². The Morgan fingerprint density at radius 3 is 2.67 bits per heavy atom. The second-order valence-electron chi connectivity index (χ2n) is 7.24. The van der Waals surface area contributed by atoms with Gasteiger partial charge in [-0.25, -0.2) is 4.39 Å². The van der Waals surface area contributed by atoms with E-state index in [1.165, 1.54) is 12.1 Å². The Balaban J connectivity index is 1.75. The quantitative estimate of drug-likeness (QED) is 0.838. The van der Waals surface area contributed by atoms with Gasteiger partial charge in [0.05, 0.1) is 11.3 Å². The third-order valence-corrected chi connectivity index (χ3v) is 5.80. The van der Waals surface area contributed by atoms with E-state index in [0.717, 1.165) is 32.2 Å². The number of likely N-dealkylation sites (tertiary alicyclic amines) is 1. The molecule has 6 nitrogen and oxygen atoms in total. The molecule has 27 heavy (non-hydrogen) atoms. The van der Waals surface area contributed by atoms with Gasteiger partial charge in [0, 0.05) is 25.2 Å². The van der Waals surface area contributed by atoms with Gasteiger partial charge in [-0.1, -0.05) is 19.0 Å². The van der Waals surface area contributed by atoms with Crippen LogP contribution in [0.3, 0.4) is 0 Å². The lowest BCUT2D eigenvalue weighted by Crippen LogP contribution is -2.50. The fourth-order valence-electron chi connectivity index (χ4n) is 3.74. The highest BCUT2D eigenvalue weighted by Crippen LogP contribution is 2.33. The molecule has 2 heterocycles. The SMILES string of the molecule is CCC(CC)(CN)C(=O)N1CCCC(c2nc(-c3ccc(F)cc3)no2)C1. The first kappa shape index (κ1) is 19.5. The smallest absolute Gasteiger partial charge is 0.231 e. The van der Waals surface area contributed by atoms with E-state index in [-0.39, 0.29) is 17.6 Å². The van der Waals surface area contributed by atoms with Gasteiger partial charge in [-0.3, -0.25) is 4.79 Å². The van der Waals surface area contributed by atoms with E-state index >= 15 is 0 Å². The van der Waals surface area contributed by atoms with Crippen molar-refractivity contribution in [2.24, 2.45) is 11.1 Å². The number of benzene rings is 1. The summed E-state index contributed by atoms with van der Waals surface area (Å²) in [4.78, 5) is 19.5. The van der Waals surface area contributed by atoms with Crippen LogP contribution in [0.2, 0.25) is 0 Å². The van der Waals surface area contributed by atoms with Gasteiger partial charge < -0.3 is 15.2 Å². The number of hydrogen-bond acceptors (Lipinski definition) is 5. The van der Waals surface area contributed by atoms with Crippen LogP contribution in [-0.2, 0) is 4.79 Å². The summed E-state index contributed by atoms with van der Waals surface area (Å²) in [5, 5.41) is 4.03. The van der Waals surface area contributed by atoms with Crippen molar-refractivity contribution >= 4 is 5.91 Å². The minimum Gasteiger partial charge on any atom is -0.341 e. The van der Waals surface area contributed by atoms with Gasteiger partial charge in [0.1, 0.15) is 5.82 Å². The molecule has 1 aliphatic rings. The molecular weight excluding hydrogens is 347 g/mol. The van der Waals surface area contributed by atoms with Crippen molar-refractivity contribution < 1.29 is 13.7 Å². The van der Waals surface area contributed by atoms with E-state index in [1.54, 1.807) is 12.1 Å². The van der Waals surface area contributed by atoms with E-state index in [2.05, 4.69) is 10.1 Å². The molecular formula is C20H27FN4O2. The summed E-state index contributed by atoms with van der Waals surface area (Å²) in [6.07, 6.45) is 3.24. The molecule has 1 saturated heterocycles. The number of halogens is 1. The molecule has 1 fully saturated rings. The molecule has 2 aromatic rings. The second kappa shape index (κ2) is 8.17. The first-order valence-electron chi connectivity index (χ1n) is 9.62. The van der Waals surface area contributed by atoms with Gasteiger partial charge in [-0.2, -0.15) is 4.98 Å². The number of nitrogens with zero attached hydrogens (tertiary/aromatic N) is 3. The third-order valence-electron chi connectivity index (χ3n) is 5.80. The van der Waals surface area contributed by atoms with Gasteiger partial charge >= 0.3 is 0 Å². The molecule has 0 spiro atoms. The largest absolute Gasteiger partial charge is 0.341 e. The number of piperidine rings is 1. The predicted molar refractivity (Wildman–Crippen MR) is 100 cm³/mol. The molecule has 1 atom stereocenters. The summed E-state index contributed by atoms with van der Waals surface area (Å²) in [5.41, 5.74) is 6.16. The molecule has 1 amide bonds. The zero-order valence-corrected chi connectivity index (χ0v) is 15.9. The highest BCUT2D eigenvalue weighted by molar-refractivity contribution is 5.83. The Morgan fingerprint density at radius 2 is 2.04 bits per heavy atom. The first-order chi connectivity index (χ1) is 13.0. The molecule has 0 aliphatic carbocycles. The summed E-state index contributed by atoms with van der Waals surface area (Å²) in [5.74, 6) is 0.788. The predicted octanol–water partition coefficient (Wildman–Crippen LogP) is 3.35. The lowest BCUT2D eigenvalue weighted by molar-refractivity contribution is -0.143. The molecule has 0 bridgehead atoms. The third kappa shape index (κ3) is 3.88. The van der Waals surface area contributed by atoms with Gasteiger partial charge in [0.25, 0.3) is 0 Å². The minimum atomic E-state index is -0.490. The van der Waals surface area contributed by atoms with Crippen LogP contribution in [0.15, 0.2) is 28.8 Å². The molecule has 1 aliphatic heterocycles. The van der Waals surface area contributed by atoms with E-state index in [9.17, 15) is 9.18 Å². The van der Waals surface area contributed by atoms with Crippen molar-refractivity contribution in [3.05, 3.63) is 36.0 Å². The molecule has 1 aromatic carbocycles. The fraction of sp³-hybridized carbons (Fsp3) is 0.550. The van der Waals surface area contributed by atoms with Crippen LogP contribution in [0.5, 0.6) is 0 Å². The zero-order valence-electron chi connectivity index (χ0n) is 15.9. The second-order valence-corrected chi connectivity index (χ2v) is 7.24. The Bertz CT molecular complexity index is 762. The summed E-state index contributed by atoms with van der Waals surface area (Å²) in [6.45, 7) is 5.68. The Morgan fingerprint density at radius 1 is 1.33 bits per heavy atom. The van der Waals surface area contributed by atoms with Gasteiger partial charge in [0.15, 0.2) is 0 Å². The van der Waals surface area contributed by atoms with Crippen molar-refractivity contribution in [1.82, 2.24) is 15.0 Å². The standard InChI is InChI=1S/C20H27FN4O2/c1-3-20(4-2,13-22)19(26)25-11-5-6-15(12-25)18-23-17(24-27-18)14-7-9-16(21)10-8-14/h7-10,15H,3-6,11-13,22H2,1-2H3. The Kier molecular flexibility index (Phi) is 5.89. The average molecular weight is 374 g/mol. The lowest BCUT2D eigenvalue weighted by Gasteiger charge is -2.38. The lowest BCUT2D eigenvalue weighted by atomic mass is 9.80. The number of carbonyl (C=O) groups is 1. The van der Waals surface area contributed by atoms with E-state index in [0.29, 0.717) is 30.4 Å². The number of carbonyl (C=O) groups excluding carboxylic acids is 1. The number of rotatable bonds is 6. The number of amides is 1. The van der Waals surface area contributed by atoms with E-state index in [1.807, 2.05) is 18.7 Å². The monoisotopic (exact) mass is 374 g/mol. The topological polar surface area (TPSA) is 85.3 Å². The first-order valence-corrected chi connectivity index (χ1v) is 9.62. The Hall–Kier alpha value is -2.28. The summed E-state index contributed by atoms with van der Waals surface area (Å²) in [7, 11) is 0. The van der Waals surface area contributed by atoms with Gasteiger partial charge in [-0.15, -0.1) is 0 Å². The molecule has 3 rings (SSSR count). The summed E-state index contributed by atoms with van der Waals surface area (Å²) < 4.78 is 18.6. The maximum atomic E-state index is 13.1. The van der Waals surface area contributed by atoms with Crippen LogP contribution in [0.25, 0.3) is 11.4 Å². The minimum absolute atomic E-state index is 0.00795. The zero-order chi connectivity index (χ0) is 19.4. The van der Waals surface area contributed by atoms with Crippen LogP contribution in [0.4, 0.5) is 4.39 Å². The van der Waals surface area contributed by atoms with Gasteiger partial charge in [-0.05, 0) is 49.9 Å². The highest BCUT2D eigenvalue weighted by Gasteiger charge is 2.39. The summed E-state index contributed by atoms with van der Waals surface area (Å²) in [6, 6.07) is 5.99. The Labute approximate surface area is 158 Å². The molecule has 1 unspecified atom stereocenters. The van der Waals surface area contributed by atoms with Crippen LogP contribution >= 0.6 is 0 Å². The molecule has 0 saturated carbocycles. The molecule has 0 radical (unpaired) electrons. The van der Waals surface area contributed by atoms with E-state index < -0.39 is 5.41 Å². The number of hydrogen-bond donors (Lipinski definition) is 1. The maximum Gasteiger partial charge on any atom is 0.231 e.